The van der Waals surface area contributed by atoms with E-state index in [0.717, 1.165) is 12.2 Å². The van der Waals surface area contributed by atoms with Crippen molar-refractivity contribution in [2.45, 2.75) is 6.54 Å². The molecule has 0 aliphatic carbocycles. The first kappa shape index (κ1) is 15.8. The van der Waals surface area contributed by atoms with Crippen LogP contribution in [-0.2, 0) is 6.54 Å². The van der Waals surface area contributed by atoms with Crippen LogP contribution in [0.1, 0.15) is 11.1 Å². The molecule has 0 aliphatic rings. The Morgan fingerprint density at radius 1 is 0.708 bits per heavy atom. The molecule has 0 N–H and O–H groups in total. The number of hydrogen-bond donors (Lipinski definition) is 0. The van der Waals surface area contributed by atoms with E-state index in [4.69, 9.17) is 0 Å². The number of nitrogens with zero attached hydrogens (tertiary/aromatic N) is 2. The molecule has 2 nitrogen and oxygen atoms in total. The maximum atomic E-state index is 4.63. The normalized spacial score (nSPS) is 11.2. The van der Waals surface area contributed by atoms with Crippen molar-refractivity contribution in [1.82, 2.24) is 0 Å². The maximum Gasteiger partial charge on any atom is 0.0666 e. The van der Waals surface area contributed by atoms with Gasteiger partial charge in [0.1, 0.15) is 0 Å². The van der Waals surface area contributed by atoms with Gasteiger partial charge < -0.3 is 0 Å². The third kappa shape index (κ3) is 4.68. The Balaban J connectivity index is 1.75. The molecule has 0 radical (unpaired) electrons. The molecular formula is C22H20N2. The zero-order valence-electron chi connectivity index (χ0n) is 13.5. The summed E-state index contributed by atoms with van der Waals surface area (Å²) < 4.78 is 0. The molecule has 0 unspecified atom stereocenters. The van der Waals surface area contributed by atoms with Gasteiger partial charge in [0.25, 0.3) is 0 Å². The average molecular weight is 312 g/mol. The van der Waals surface area contributed by atoms with E-state index in [1.807, 2.05) is 59.8 Å². The molecule has 3 rings (SSSR count). The summed E-state index contributed by atoms with van der Waals surface area (Å²) in [6.45, 7) is 0.737. The van der Waals surface area contributed by atoms with Crippen LogP contribution < -0.4 is 5.01 Å². The van der Waals surface area contributed by atoms with Gasteiger partial charge in [-0.3, -0.25) is 5.01 Å². The van der Waals surface area contributed by atoms with Gasteiger partial charge in [-0.25, -0.2) is 0 Å². The van der Waals surface area contributed by atoms with E-state index in [1.54, 1.807) is 0 Å². The molecule has 0 amide bonds. The van der Waals surface area contributed by atoms with E-state index >= 15 is 0 Å². The minimum absolute atomic E-state index is 0.737. The molecule has 0 bridgehead atoms. The third-order valence-corrected chi connectivity index (χ3v) is 3.61. The molecule has 0 fully saturated rings. The predicted octanol–water partition coefficient (Wildman–Crippen LogP) is 5.39. The fourth-order valence-electron chi connectivity index (χ4n) is 2.39. The summed E-state index contributed by atoms with van der Waals surface area (Å²) >= 11 is 0. The molecular weight excluding hydrogens is 292 g/mol. The number of benzene rings is 3. The van der Waals surface area contributed by atoms with Crippen LogP contribution in [0.2, 0.25) is 0 Å². The lowest BCUT2D eigenvalue weighted by Gasteiger charge is -2.19. The van der Waals surface area contributed by atoms with Gasteiger partial charge >= 0.3 is 0 Å². The molecule has 0 aromatic heterocycles. The molecule has 0 spiro atoms. The zero-order valence-corrected chi connectivity index (χ0v) is 13.5. The smallest absolute Gasteiger partial charge is 0.0666 e. The first-order valence-corrected chi connectivity index (χ1v) is 8.04. The first-order chi connectivity index (χ1) is 11.9. The van der Waals surface area contributed by atoms with Crippen LogP contribution >= 0.6 is 0 Å². The Labute approximate surface area is 143 Å². The highest BCUT2D eigenvalue weighted by Gasteiger charge is 2.04. The number of para-hydroxylation sites is 1. The van der Waals surface area contributed by atoms with Crippen molar-refractivity contribution in [3.63, 3.8) is 0 Å². The van der Waals surface area contributed by atoms with Gasteiger partial charge in [-0.05, 0) is 29.3 Å². The molecule has 118 valence electrons. The highest BCUT2D eigenvalue weighted by atomic mass is 15.4. The van der Waals surface area contributed by atoms with E-state index in [0.29, 0.717) is 0 Å². The number of hydrogen-bond acceptors (Lipinski definition) is 2. The van der Waals surface area contributed by atoms with Gasteiger partial charge in [0, 0.05) is 6.21 Å². The molecule has 0 atom stereocenters. The van der Waals surface area contributed by atoms with Crippen LogP contribution in [-0.4, -0.2) is 6.21 Å². The Hall–Kier alpha value is -3.13. The molecule has 24 heavy (non-hydrogen) atoms. The van der Waals surface area contributed by atoms with Gasteiger partial charge in [0.2, 0.25) is 0 Å². The van der Waals surface area contributed by atoms with Crippen molar-refractivity contribution in [2.75, 3.05) is 5.01 Å². The van der Waals surface area contributed by atoms with Crippen molar-refractivity contribution in [3.05, 3.63) is 108 Å². The molecule has 0 saturated heterocycles. The Bertz CT molecular complexity index is 778. The molecule has 0 heterocycles. The first-order valence-electron chi connectivity index (χ1n) is 8.04. The Morgan fingerprint density at radius 3 is 1.96 bits per heavy atom. The largest absolute Gasteiger partial charge is 0.261 e. The van der Waals surface area contributed by atoms with E-state index in [-0.39, 0.29) is 0 Å². The third-order valence-electron chi connectivity index (χ3n) is 3.61. The molecule has 0 saturated carbocycles. The van der Waals surface area contributed by atoms with E-state index in [9.17, 15) is 0 Å². The molecule has 3 aromatic rings. The van der Waals surface area contributed by atoms with Crippen LogP contribution in [0.3, 0.4) is 0 Å². The van der Waals surface area contributed by atoms with Crippen LogP contribution in [0.15, 0.2) is 102 Å². The lowest BCUT2D eigenvalue weighted by molar-refractivity contribution is 0.859. The van der Waals surface area contributed by atoms with E-state index < -0.39 is 0 Å². The van der Waals surface area contributed by atoms with E-state index in [1.165, 1.54) is 11.1 Å². The van der Waals surface area contributed by atoms with Gasteiger partial charge in [-0.1, -0.05) is 84.9 Å². The summed E-state index contributed by atoms with van der Waals surface area (Å²) in [4.78, 5) is 0. The summed E-state index contributed by atoms with van der Waals surface area (Å²) in [7, 11) is 0. The summed E-state index contributed by atoms with van der Waals surface area (Å²) in [6, 6.07) is 30.8. The highest BCUT2D eigenvalue weighted by Crippen LogP contribution is 2.17. The van der Waals surface area contributed by atoms with Crippen molar-refractivity contribution in [3.8, 4) is 0 Å². The minimum atomic E-state index is 0.737. The fraction of sp³-hybridized carbons (Fsp3) is 0.0455. The van der Waals surface area contributed by atoms with Crippen molar-refractivity contribution >= 4 is 18.0 Å². The number of rotatable bonds is 6. The topological polar surface area (TPSA) is 15.6 Å². The van der Waals surface area contributed by atoms with Gasteiger partial charge in [-0.15, -0.1) is 0 Å². The molecule has 2 heteroatoms. The monoisotopic (exact) mass is 312 g/mol. The van der Waals surface area contributed by atoms with Gasteiger partial charge in [0.15, 0.2) is 0 Å². The summed E-state index contributed by atoms with van der Waals surface area (Å²) in [5, 5.41) is 6.63. The number of allylic oxidation sites excluding steroid dienone is 1. The van der Waals surface area contributed by atoms with Crippen LogP contribution in [0.5, 0.6) is 0 Å². The van der Waals surface area contributed by atoms with Gasteiger partial charge in [0.05, 0.1) is 12.2 Å². The quantitative estimate of drug-likeness (QED) is 0.440. The van der Waals surface area contributed by atoms with Crippen molar-refractivity contribution in [2.24, 2.45) is 5.10 Å². The zero-order chi connectivity index (χ0) is 16.5. The second-order valence-corrected chi connectivity index (χ2v) is 5.41. The number of hydrazone groups is 1. The average Bonchev–Trinajstić information content (AvgIpc) is 2.66. The van der Waals surface area contributed by atoms with Crippen LogP contribution in [0.4, 0.5) is 5.69 Å². The van der Waals surface area contributed by atoms with E-state index in [2.05, 4.69) is 59.7 Å². The van der Waals surface area contributed by atoms with Crippen molar-refractivity contribution in [1.29, 1.82) is 0 Å². The summed E-state index contributed by atoms with van der Waals surface area (Å²) in [6.07, 6.45) is 5.86. The summed E-state index contributed by atoms with van der Waals surface area (Å²) in [5.41, 5.74) is 3.47. The van der Waals surface area contributed by atoms with Crippen molar-refractivity contribution < 1.29 is 0 Å². The number of anilines is 1. The summed E-state index contributed by atoms with van der Waals surface area (Å²) in [5.74, 6) is 0. The molecule has 3 aromatic carbocycles. The second kappa shape index (κ2) is 8.49. The van der Waals surface area contributed by atoms with Crippen LogP contribution in [0, 0.1) is 0 Å². The SMILES string of the molecule is C(=C\c1ccccc1)/C=N/N(Cc1ccccc1)c1ccccc1. The lowest BCUT2D eigenvalue weighted by Crippen LogP contribution is -2.15. The highest BCUT2D eigenvalue weighted by molar-refractivity contribution is 5.79. The minimum Gasteiger partial charge on any atom is -0.261 e. The maximum absolute atomic E-state index is 4.63. The molecule has 0 aliphatic heterocycles. The Kier molecular flexibility index (Phi) is 5.57. The fourth-order valence-corrected chi connectivity index (χ4v) is 2.39. The predicted molar refractivity (Wildman–Crippen MR) is 103 cm³/mol. The standard InChI is InChI=1S/C22H20N2/c1-4-11-20(12-5-1)15-10-18-23-24(22-16-8-3-9-17-22)19-21-13-6-2-7-14-21/h1-18H,19H2/b15-10+,23-18+. The lowest BCUT2D eigenvalue weighted by atomic mass is 10.2. The Morgan fingerprint density at radius 2 is 1.29 bits per heavy atom. The van der Waals surface area contributed by atoms with Gasteiger partial charge in [-0.2, -0.15) is 5.10 Å². The van der Waals surface area contributed by atoms with Crippen LogP contribution in [0.25, 0.3) is 6.08 Å². The second-order valence-electron chi connectivity index (χ2n) is 5.41.